The normalized spacial score (nSPS) is 10.5. The Kier molecular flexibility index (Phi) is 4.16. The van der Waals surface area contributed by atoms with E-state index in [1.165, 1.54) is 6.92 Å². The van der Waals surface area contributed by atoms with Crippen molar-refractivity contribution < 1.29 is 4.79 Å². The summed E-state index contributed by atoms with van der Waals surface area (Å²) in [6.45, 7) is 1.78. The van der Waals surface area contributed by atoms with Gasteiger partial charge in [-0.2, -0.15) is 0 Å². The first-order valence-electron chi connectivity index (χ1n) is 7.27. The summed E-state index contributed by atoms with van der Waals surface area (Å²) in [5, 5.41) is 11.2. The number of amides is 1. The molecule has 23 heavy (non-hydrogen) atoms. The third kappa shape index (κ3) is 3.12. The molecular weight excluding hydrogens is 290 g/mol. The summed E-state index contributed by atoms with van der Waals surface area (Å²) in [6.07, 6.45) is 0. The van der Waals surface area contributed by atoms with Gasteiger partial charge in [0.15, 0.2) is 0 Å². The number of carbonyl (C=O) groups excluding carboxylic acids is 1. The van der Waals surface area contributed by atoms with E-state index in [4.69, 9.17) is 5.73 Å². The molecule has 3 N–H and O–H groups in total. The summed E-state index contributed by atoms with van der Waals surface area (Å²) in [5.74, 6) is -0.119. The predicted octanol–water partition coefficient (Wildman–Crippen LogP) is 2.35. The summed E-state index contributed by atoms with van der Waals surface area (Å²) in [6, 6.07) is 17.3. The van der Waals surface area contributed by atoms with E-state index in [9.17, 15) is 4.79 Å². The maximum Gasteiger partial charge on any atom is 0.221 e. The number of nitrogens with two attached hydrogens (primary N) is 1. The van der Waals surface area contributed by atoms with Crippen LogP contribution in [0.2, 0.25) is 0 Å². The Morgan fingerprint density at radius 3 is 2.65 bits per heavy atom. The Morgan fingerprint density at radius 1 is 1.17 bits per heavy atom. The molecule has 0 saturated heterocycles. The number of hydrogen-bond acceptors (Lipinski definition) is 4. The van der Waals surface area contributed by atoms with E-state index in [1.807, 2.05) is 54.6 Å². The van der Waals surface area contributed by atoms with Crippen LogP contribution in [-0.4, -0.2) is 20.9 Å². The molecule has 6 nitrogen and oxygen atoms in total. The lowest BCUT2D eigenvalue weighted by Gasteiger charge is -2.10. The van der Waals surface area contributed by atoms with Gasteiger partial charge in [-0.3, -0.25) is 4.79 Å². The fourth-order valence-electron chi connectivity index (χ4n) is 2.43. The second-order valence-electron chi connectivity index (χ2n) is 5.10. The lowest BCUT2D eigenvalue weighted by atomic mass is 10.1. The molecule has 3 aromatic rings. The van der Waals surface area contributed by atoms with Crippen molar-refractivity contribution in [2.24, 2.45) is 5.73 Å². The van der Waals surface area contributed by atoms with Gasteiger partial charge in [0.25, 0.3) is 0 Å². The van der Waals surface area contributed by atoms with Crippen molar-refractivity contribution >= 4 is 11.6 Å². The molecular formula is C17H17N5O. The van der Waals surface area contributed by atoms with Crippen molar-refractivity contribution in [1.29, 1.82) is 0 Å². The molecule has 0 atom stereocenters. The SMILES string of the molecule is CC(=O)Nc1cccc(-n2nnc(CN)c2-c2ccccc2)c1. The van der Waals surface area contributed by atoms with Gasteiger partial charge in [0, 0.05) is 24.7 Å². The fraction of sp³-hybridized carbons (Fsp3) is 0.118. The average Bonchev–Trinajstić information content (AvgIpc) is 2.99. The molecule has 0 spiro atoms. The monoisotopic (exact) mass is 307 g/mol. The summed E-state index contributed by atoms with van der Waals surface area (Å²) in [4.78, 5) is 11.2. The van der Waals surface area contributed by atoms with Gasteiger partial charge < -0.3 is 11.1 Å². The average molecular weight is 307 g/mol. The third-order valence-corrected chi connectivity index (χ3v) is 3.39. The second-order valence-corrected chi connectivity index (χ2v) is 5.10. The zero-order valence-electron chi connectivity index (χ0n) is 12.7. The van der Waals surface area contributed by atoms with Gasteiger partial charge in [0.2, 0.25) is 5.91 Å². The highest BCUT2D eigenvalue weighted by molar-refractivity contribution is 5.89. The van der Waals surface area contributed by atoms with Gasteiger partial charge in [0.05, 0.1) is 11.4 Å². The highest BCUT2D eigenvalue weighted by Gasteiger charge is 2.15. The minimum Gasteiger partial charge on any atom is -0.326 e. The molecule has 0 aliphatic carbocycles. The van der Waals surface area contributed by atoms with Gasteiger partial charge in [-0.05, 0) is 18.2 Å². The Bertz CT molecular complexity index is 826. The fourth-order valence-corrected chi connectivity index (χ4v) is 2.43. The minimum absolute atomic E-state index is 0.119. The molecule has 1 heterocycles. The van der Waals surface area contributed by atoms with Gasteiger partial charge >= 0.3 is 0 Å². The first kappa shape index (κ1) is 14.9. The van der Waals surface area contributed by atoms with E-state index >= 15 is 0 Å². The van der Waals surface area contributed by atoms with E-state index < -0.39 is 0 Å². The second kappa shape index (κ2) is 6.41. The quantitative estimate of drug-likeness (QED) is 0.774. The van der Waals surface area contributed by atoms with Gasteiger partial charge in [-0.1, -0.05) is 41.6 Å². The summed E-state index contributed by atoms with van der Waals surface area (Å²) < 4.78 is 1.74. The van der Waals surface area contributed by atoms with Crippen molar-refractivity contribution in [1.82, 2.24) is 15.0 Å². The number of nitrogens with zero attached hydrogens (tertiary/aromatic N) is 3. The Labute approximate surface area is 133 Å². The molecule has 116 valence electrons. The number of carbonyl (C=O) groups is 1. The Hall–Kier alpha value is -2.99. The largest absolute Gasteiger partial charge is 0.326 e. The zero-order chi connectivity index (χ0) is 16.2. The highest BCUT2D eigenvalue weighted by atomic mass is 16.1. The molecule has 0 bridgehead atoms. The molecule has 0 aliphatic rings. The molecule has 2 aromatic carbocycles. The first-order valence-corrected chi connectivity index (χ1v) is 7.27. The highest BCUT2D eigenvalue weighted by Crippen LogP contribution is 2.26. The van der Waals surface area contributed by atoms with Crippen molar-refractivity contribution in [3.63, 3.8) is 0 Å². The molecule has 0 fully saturated rings. The van der Waals surface area contributed by atoms with Crippen molar-refractivity contribution in [2.75, 3.05) is 5.32 Å². The van der Waals surface area contributed by atoms with Crippen LogP contribution < -0.4 is 11.1 Å². The molecule has 1 amide bonds. The molecule has 0 radical (unpaired) electrons. The first-order chi connectivity index (χ1) is 11.2. The van der Waals surface area contributed by atoms with Crippen LogP contribution in [-0.2, 0) is 11.3 Å². The topological polar surface area (TPSA) is 85.8 Å². The number of anilines is 1. The van der Waals surface area contributed by atoms with Crippen LogP contribution in [0.4, 0.5) is 5.69 Å². The molecule has 3 rings (SSSR count). The van der Waals surface area contributed by atoms with E-state index in [0.29, 0.717) is 12.2 Å². The molecule has 0 saturated carbocycles. The van der Waals surface area contributed by atoms with Crippen molar-refractivity contribution in [3.05, 3.63) is 60.3 Å². The zero-order valence-corrected chi connectivity index (χ0v) is 12.7. The number of benzene rings is 2. The van der Waals surface area contributed by atoms with Crippen LogP contribution in [0.5, 0.6) is 0 Å². The van der Waals surface area contributed by atoms with Crippen molar-refractivity contribution in [3.8, 4) is 16.9 Å². The Morgan fingerprint density at radius 2 is 1.96 bits per heavy atom. The van der Waals surface area contributed by atoms with Crippen LogP contribution in [0.15, 0.2) is 54.6 Å². The lowest BCUT2D eigenvalue weighted by Crippen LogP contribution is -2.07. The van der Waals surface area contributed by atoms with Crippen LogP contribution in [0.1, 0.15) is 12.6 Å². The minimum atomic E-state index is -0.119. The standard InChI is InChI=1S/C17H17N5O/c1-12(23)19-14-8-5-9-15(10-14)22-17(16(11-18)20-21-22)13-6-3-2-4-7-13/h2-10H,11,18H2,1H3,(H,19,23). The summed E-state index contributed by atoms with van der Waals surface area (Å²) in [7, 11) is 0. The number of aromatic nitrogens is 3. The Balaban J connectivity index is 2.11. The molecule has 6 heteroatoms. The number of hydrogen-bond donors (Lipinski definition) is 2. The third-order valence-electron chi connectivity index (χ3n) is 3.39. The van der Waals surface area contributed by atoms with Crippen LogP contribution in [0, 0.1) is 0 Å². The van der Waals surface area contributed by atoms with E-state index in [1.54, 1.807) is 4.68 Å². The van der Waals surface area contributed by atoms with E-state index in [0.717, 1.165) is 22.6 Å². The smallest absolute Gasteiger partial charge is 0.221 e. The number of rotatable bonds is 4. The van der Waals surface area contributed by atoms with E-state index in [2.05, 4.69) is 15.6 Å². The molecule has 1 aromatic heterocycles. The molecule has 0 aliphatic heterocycles. The van der Waals surface area contributed by atoms with Crippen molar-refractivity contribution in [2.45, 2.75) is 13.5 Å². The maximum atomic E-state index is 11.2. The van der Waals surface area contributed by atoms with Gasteiger partial charge in [0.1, 0.15) is 5.69 Å². The number of nitrogens with one attached hydrogen (secondary N) is 1. The van der Waals surface area contributed by atoms with Gasteiger partial charge in [-0.25, -0.2) is 4.68 Å². The summed E-state index contributed by atoms with van der Waals surface area (Å²) >= 11 is 0. The van der Waals surface area contributed by atoms with Crippen LogP contribution >= 0.6 is 0 Å². The molecule has 0 unspecified atom stereocenters. The maximum absolute atomic E-state index is 11.2. The predicted molar refractivity (Wildman–Crippen MR) is 89.0 cm³/mol. The van der Waals surface area contributed by atoms with E-state index in [-0.39, 0.29) is 5.91 Å². The summed E-state index contributed by atoms with van der Waals surface area (Å²) in [5.41, 5.74) is 9.88. The lowest BCUT2D eigenvalue weighted by molar-refractivity contribution is -0.114. The van der Waals surface area contributed by atoms with Gasteiger partial charge in [-0.15, -0.1) is 5.10 Å². The van der Waals surface area contributed by atoms with Crippen LogP contribution in [0.3, 0.4) is 0 Å². The van der Waals surface area contributed by atoms with Crippen LogP contribution in [0.25, 0.3) is 16.9 Å².